The van der Waals surface area contributed by atoms with Crippen molar-refractivity contribution >= 4 is 15.9 Å². The summed E-state index contributed by atoms with van der Waals surface area (Å²) in [7, 11) is 1.89. The summed E-state index contributed by atoms with van der Waals surface area (Å²) in [5, 5.41) is 4.32. The Kier molecular flexibility index (Phi) is 3.12. The van der Waals surface area contributed by atoms with E-state index in [2.05, 4.69) is 40.1 Å². The standard InChI is InChI=1S/C12H14BrN3/c1-8-3-4-9(7-10(8)13)12(14)11-5-6-16(2)15-11/h3-7,12H,14H2,1-2H3. The minimum Gasteiger partial charge on any atom is -0.319 e. The van der Waals surface area contributed by atoms with Crippen molar-refractivity contribution in [3.8, 4) is 0 Å². The fourth-order valence-corrected chi connectivity index (χ4v) is 1.97. The largest absolute Gasteiger partial charge is 0.319 e. The minimum atomic E-state index is -0.168. The van der Waals surface area contributed by atoms with Crippen LogP contribution < -0.4 is 5.73 Å². The van der Waals surface area contributed by atoms with Crippen LogP contribution in [0, 0.1) is 6.92 Å². The number of nitrogens with two attached hydrogens (primary N) is 1. The summed E-state index contributed by atoms with van der Waals surface area (Å²) in [5.74, 6) is 0. The van der Waals surface area contributed by atoms with Crippen LogP contribution in [0.1, 0.15) is 22.9 Å². The monoisotopic (exact) mass is 279 g/mol. The van der Waals surface area contributed by atoms with Gasteiger partial charge in [-0.3, -0.25) is 4.68 Å². The number of hydrogen-bond donors (Lipinski definition) is 1. The SMILES string of the molecule is Cc1ccc(C(N)c2ccn(C)n2)cc1Br. The van der Waals surface area contributed by atoms with E-state index in [0.29, 0.717) is 0 Å². The Hall–Kier alpha value is -1.13. The van der Waals surface area contributed by atoms with E-state index in [1.807, 2.05) is 25.4 Å². The summed E-state index contributed by atoms with van der Waals surface area (Å²) in [6, 6.07) is 7.92. The van der Waals surface area contributed by atoms with E-state index in [1.54, 1.807) is 4.68 Å². The molecule has 0 saturated heterocycles. The van der Waals surface area contributed by atoms with Gasteiger partial charge in [0, 0.05) is 17.7 Å². The second kappa shape index (κ2) is 4.39. The summed E-state index contributed by atoms with van der Waals surface area (Å²) in [5.41, 5.74) is 9.31. The molecule has 84 valence electrons. The third-order valence-corrected chi connectivity index (χ3v) is 3.46. The molecule has 1 atom stereocenters. The molecule has 2 N–H and O–H groups in total. The zero-order chi connectivity index (χ0) is 11.7. The average molecular weight is 280 g/mol. The summed E-state index contributed by atoms with van der Waals surface area (Å²) < 4.78 is 2.84. The lowest BCUT2D eigenvalue weighted by atomic mass is 10.0. The van der Waals surface area contributed by atoms with Gasteiger partial charge < -0.3 is 5.73 Å². The first kappa shape index (κ1) is 11.4. The van der Waals surface area contributed by atoms with Gasteiger partial charge in [0.2, 0.25) is 0 Å². The molecular formula is C12H14BrN3. The van der Waals surface area contributed by atoms with Crippen LogP contribution in [0.15, 0.2) is 34.9 Å². The van der Waals surface area contributed by atoms with Gasteiger partial charge in [-0.2, -0.15) is 5.10 Å². The second-order valence-electron chi connectivity index (χ2n) is 3.90. The van der Waals surface area contributed by atoms with Crippen LogP contribution in [-0.4, -0.2) is 9.78 Å². The van der Waals surface area contributed by atoms with Gasteiger partial charge in [0.05, 0.1) is 11.7 Å². The van der Waals surface area contributed by atoms with Crippen molar-refractivity contribution in [2.75, 3.05) is 0 Å². The Morgan fingerprint density at radius 1 is 1.38 bits per heavy atom. The number of halogens is 1. The highest BCUT2D eigenvalue weighted by Crippen LogP contribution is 2.23. The number of rotatable bonds is 2. The minimum absolute atomic E-state index is 0.168. The Morgan fingerprint density at radius 2 is 2.12 bits per heavy atom. The van der Waals surface area contributed by atoms with Gasteiger partial charge in [0.15, 0.2) is 0 Å². The third-order valence-electron chi connectivity index (χ3n) is 2.61. The average Bonchev–Trinajstić information content (AvgIpc) is 2.68. The summed E-state index contributed by atoms with van der Waals surface area (Å²) >= 11 is 3.51. The van der Waals surface area contributed by atoms with Crippen LogP contribution in [0.3, 0.4) is 0 Å². The maximum absolute atomic E-state index is 6.15. The molecule has 1 aromatic heterocycles. The first-order chi connectivity index (χ1) is 7.58. The molecule has 0 fully saturated rings. The molecule has 0 bridgehead atoms. The van der Waals surface area contributed by atoms with Crippen molar-refractivity contribution in [2.45, 2.75) is 13.0 Å². The van der Waals surface area contributed by atoms with E-state index < -0.39 is 0 Å². The van der Waals surface area contributed by atoms with Crippen molar-refractivity contribution in [3.63, 3.8) is 0 Å². The molecule has 0 aliphatic carbocycles. The van der Waals surface area contributed by atoms with Gasteiger partial charge in [-0.25, -0.2) is 0 Å². The summed E-state index contributed by atoms with van der Waals surface area (Å²) in [6.07, 6.45) is 1.90. The van der Waals surface area contributed by atoms with E-state index in [9.17, 15) is 0 Å². The molecule has 0 amide bonds. The molecule has 1 unspecified atom stereocenters. The molecule has 0 aliphatic heterocycles. The lowest BCUT2D eigenvalue weighted by Crippen LogP contribution is -2.13. The van der Waals surface area contributed by atoms with E-state index >= 15 is 0 Å². The van der Waals surface area contributed by atoms with Crippen molar-refractivity contribution < 1.29 is 0 Å². The van der Waals surface area contributed by atoms with E-state index in [-0.39, 0.29) is 6.04 Å². The zero-order valence-electron chi connectivity index (χ0n) is 9.31. The summed E-state index contributed by atoms with van der Waals surface area (Å²) in [6.45, 7) is 2.06. The van der Waals surface area contributed by atoms with Crippen molar-refractivity contribution in [1.82, 2.24) is 9.78 Å². The van der Waals surface area contributed by atoms with Gasteiger partial charge in [-0.1, -0.05) is 28.1 Å². The lowest BCUT2D eigenvalue weighted by Gasteiger charge is -2.10. The van der Waals surface area contributed by atoms with Gasteiger partial charge in [-0.15, -0.1) is 0 Å². The van der Waals surface area contributed by atoms with Gasteiger partial charge in [-0.05, 0) is 30.2 Å². The quantitative estimate of drug-likeness (QED) is 0.918. The van der Waals surface area contributed by atoms with E-state index in [1.165, 1.54) is 5.56 Å². The Balaban J connectivity index is 2.33. The molecule has 1 heterocycles. The fourth-order valence-electron chi connectivity index (χ4n) is 1.57. The number of benzene rings is 1. The third kappa shape index (κ3) is 2.18. The normalized spacial score (nSPS) is 12.8. The lowest BCUT2D eigenvalue weighted by molar-refractivity contribution is 0.715. The molecule has 0 spiro atoms. The van der Waals surface area contributed by atoms with Crippen LogP contribution in [0.5, 0.6) is 0 Å². The molecule has 0 saturated carbocycles. The zero-order valence-corrected chi connectivity index (χ0v) is 10.9. The van der Waals surface area contributed by atoms with Crippen LogP contribution in [-0.2, 0) is 7.05 Å². The highest BCUT2D eigenvalue weighted by Gasteiger charge is 2.12. The Bertz CT molecular complexity index is 505. The van der Waals surface area contributed by atoms with Crippen LogP contribution in [0.4, 0.5) is 0 Å². The highest BCUT2D eigenvalue weighted by molar-refractivity contribution is 9.10. The van der Waals surface area contributed by atoms with E-state index in [0.717, 1.165) is 15.7 Å². The Morgan fingerprint density at radius 3 is 2.69 bits per heavy atom. The highest BCUT2D eigenvalue weighted by atomic mass is 79.9. The molecule has 3 nitrogen and oxygen atoms in total. The van der Waals surface area contributed by atoms with Crippen molar-refractivity contribution in [3.05, 3.63) is 51.8 Å². The molecule has 0 aliphatic rings. The number of hydrogen-bond acceptors (Lipinski definition) is 2. The van der Waals surface area contributed by atoms with Gasteiger partial charge in [0.25, 0.3) is 0 Å². The number of aromatic nitrogens is 2. The molecular weight excluding hydrogens is 266 g/mol. The van der Waals surface area contributed by atoms with Crippen LogP contribution in [0.25, 0.3) is 0 Å². The predicted molar refractivity (Wildman–Crippen MR) is 68.1 cm³/mol. The molecule has 2 aromatic rings. The maximum atomic E-state index is 6.15. The first-order valence-electron chi connectivity index (χ1n) is 5.09. The smallest absolute Gasteiger partial charge is 0.0837 e. The second-order valence-corrected chi connectivity index (χ2v) is 4.75. The predicted octanol–water partition coefficient (Wildman–Crippen LogP) is 2.54. The van der Waals surface area contributed by atoms with Gasteiger partial charge >= 0.3 is 0 Å². The molecule has 16 heavy (non-hydrogen) atoms. The fraction of sp³-hybridized carbons (Fsp3) is 0.250. The van der Waals surface area contributed by atoms with Gasteiger partial charge in [0.1, 0.15) is 0 Å². The van der Waals surface area contributed by atoms with Crippen LogP contribution >= 0.6 is 15.9 Å². The van der Waals surface area contributed by atoms with Crippen LogP contribution in [0.2, 0.25) is 0 Å². The maximum Gasteiger partial charge on any atom is 0.0837 e. The first-order valence-corrected chi connectivity index (χ1v) is 5.88. The number of nitrogens with zero attached hydrogens (tertiary/aromatic N) is 2. The Labute approximate surface area is 103 Å². The van der Waals surface area contributed by atoms with E-state index in [4.69, 9.17) is 5.73 Å². The van der Waals surface area contributed by atoms with Crippen molar-refractivity contribution in [1.29, 1.82) is 0 Å². The number of aryl methyl sites for hydroxylation is 2. The van der Waals surface area contributed by atoms with Crippen molar-refractivity contribution in [2.24, 2.45) is 12.8 Å². The molecule has 2 rings (SSSR count). The molecule has 4 heteroatoms. The molecule has 0 radical (unpaired) electrons. The topological polar surface area (TPSA) is 43.8 Å². The summed E-state index contributed by atoms with van der Waals surface area (Å²) in [4.78, 5) is 0. The molecule has 1 aromatic carbocycles.